The van der Waals surface area contributed by atoms with E-state index in [1.54, 1.807) is 28.4 Å². The molecule has 8 heteroatoms. The van der Waals surface area contributed by atoms with Crippen LogP contribution in [-0.2, 0) is 9.47 Å². The Labute approximate surface area is 161 Å². The lowest BCUT2D eigenvalue weighted by atomic mass is 10.1. The maximum Gasteiger partial charge on any atom is 0.203 e. The third kappa shape index (κ3) is 6.48. The van der Waals surface area contributed by atoms with Crippen LogP contribution >= 0.6 is 0 Å². The molecule has 0 spiro atoms. The van der Waals surface area contributed by atoms with Crippen LogP contribution in [0.1, 0.15) is 12.8 Å². The topological polar surface area (TPSA) is 82.6 Å². The number of hydrogen-bond donors (Lipinski definition) is 2. The molecule has 1 heterocycles. The second-order valence-corrected chi connectivity index (χ2v) is 6.20. The van der Waals surface area contributed by atoms with E-state index in [0.29, 0.717) is 35.7 Å². The van der Waals surface area contributed by atoms with E-state index in [1.807, 2.05) is 12.1 Å². The number of benzene rings is 1. The van der Waals surface area contributed by atoms with E-state index in [0.717, 1.165) is 44.9 Å². The summed E-state index contributed by atoms with van der Waals surface area (Å²) in [7, 11) is 6.48. The van der Waals surface area contributed by atoms with Crippen LogP contribution in [-0.4, -0.2) is 67.3 Å². The van der Waals surface area contributed by atoms with Gasteiger partial charge in [0, 0.05) is 50.5 Å². The Balaban J connectivity index is 1.78. The third-order valence-corrected chi connectivity index (χ3v) is 4.29. The van der Waals surface area contributed by atoms with Gasteiger partial charge in [0.15, 0.2) is 17.5 Å². The van der Waals surface area contributed by atoms with Crippen molar-refractivity contribution >= 4 is 11.6 Å². The molecule has 0 radical (unpaired) electrons. The van der Waals surface area contributed by atoms with Crippen LogP contribution in [0.2, 0.25) is 0 Å². The zero-order valence-electron chi connectivity index (χ0n) is 16.7. The number of nitrogens with zero attached hydrogens (tertiary/aromatic N) is 1. The highest BCUT2D eigenvalue weighted by atomic mass is 16.5. The van der Waals surface area contributed by atoms with E-state index in [9.17, 15) is 0 Å². The molecule has 1 aliphatic rings. The van der Waals surface area contributed by atoms with Crippen molar-refractivity contribution in [3.8, 4) is 17.2 Å². The van der Waals surface area contributed by atoms with Crippen molar-refractivity contribution in [2.75, 3.05) is 66.7 Å². The largest absolute Gasteiger partial charge is 0.493 e. The number of ether oxygens (including phenoxy) is 5. The van der Waals surface area contributed by atoms with E-state index in [4.69, 9.17) is 23.7 Å². The van der Waals surface area contributed by atoms with Gasteiger partial charge < -0.3 is 34.3 Å². The van der Waals surface area contributed by atoms with Crippen molar-refractivity contribution in [1.29, 1.82) is 0 Å². The second kappa shape index (κ2) is 11.5. The minimum atomic E-state index is 0.549. The van der Waals surface area contributed by atoms with E-state index >= 15 is 0 Å². The molecule has 2 N–H and O–H groups in total. The zero-order chi connectivity index (χ0) is 19.5. The van der Waals surface area contributed by atoms with Gasteiger partial charge in [0.1, 0.15) is 0 Å². The van der Waals surface area contributed by atoms with Crippen molar-refractivity contribution in [2.45, 2.75) is 12.8 Å². The lowest BCUT2D eigenvalue weighted by Gasteiger charge is -2.16. The van der Waals surface area contributed by atoms with Gasteiger partial charge in [-0.15, -0.1) is 0 Å². The molecule has 1 aromatic rings. The predicted octanol–water partition coefficient (Wildman–Crippen LogP) is 2.14. The fourth-order valence-electron chi connectivity index (χ4n) is 2.81. The molecular formula is C19H31N3O5. The molecule has 0 bridgehead atoms. The number of hydrogen-bond acceptors (Lipinski definition) is 6. The first-order valence-corrected chi connectivity index (χ1v) is 9.15. The minimum Gasteiger partial charge on any atom is -0.493 e. The van der Waals surface area contributed by atoms with E-state index in [2.05, 4.69) is 15.6 Å². The molecule has 1 unspecified atom stereocenters. The molecule has 152 valence electrons. The van der Waals surface area contributed by atoms with Gasteiger partial charge in [-0.05, 0) is 12.8 Å². The highest BCUT2D eigenvalue weighted by Crippen LogP contribution is 2.39. The summed E-state index contributed by atoms with van der Waals surface area (Å²) in [5.41, 5.74) is 0.787. The molecule has 1 aliphatic heterocycles. The number of guanidine groups is 1. The Morgan fingerprint density at radius 3 is 2.48 bits per heavy atom. The highest BCUT2D eigenvalue weighted by Gasteiger charge is 2.15. The van der Waals surface area contributed by atoms with Gasteiger partial charge in [0.2, 0.25) is 5.75 Å². The van der Waals surface area contributed by atoms with Crippen LogP contribution in [0.25, 0.3) is 0 Å². The monoisotopic (exact) mass is 381 g/mol. The van der Waals surface area contributed by atoms with Crippen LogP contribution < -0.4 is 24.8 Å². The van der Waals surface area contributed by atoms with Crippen LogP contribution in [0.3, 0.4) is 0 Å². The highest BCUT2D eigenvalue weighted by molar-refractivity contribution is 5.94. The van der Waals surface area contributed by atoms with Crippen molar-refractivity contribution < 1.29 is 23.7 Å². The summed E-state index contributed by atoms with van der Waals surface area (Å²) in [6.45, 7) is 3.93. The smallest absolute Gasteiger partial charge is 0.203 e. The Hall–Kier alpha value is -2.19. The Bertz CT molecular complexity index is 578. The van der Waals surface area contributed by atoms with Crippen LogP contribution in [0, 0.1) is 5.92 Å². The van der Waals surface area contributed by atoms with E-state index < -0.39 is 0 Å². The van der Waals surface area contributed by atoms with Crippen molar-refractivity contribution in [1.82, 2.24) is 5.32 Å². The van der Waals surface area contributed by atoms with Crippen LogP contribution in [0.5, 0.6) is 17.2 Å². The number of nitrogens with one attached hydrogen (secondary N) is 2. The average Bonchev–Trinajstić information content (AvgIpc) is 3.22. The van der Waals surface area contributed by atoms with Gasteiger partial charge in [0.25, 0.3) is 0 Å². The zero-order valence-corrected chi connectivity index (χ0v) is 16.7. The number of anilines is 1. The summed E-state index contributed by atoms with van der Waals surface area (Å²) in [5.74, 6) is 2.93. The van der Waals surface area contributed by atoms with Crippen molar-refractivity contribution in [2.24, 2.45) is 10.9 Å². The van der Waals surface area contributed by atoms with Crippen LogP contribution in [0.15, 0.2) is 17.1 Å². The summed E-state index contributed by atoms with van der Waals surface area (Å²) in [4.78, 5) is 4.24. The van der Waals surface area contributed by atoms with Gasteiger partial charge in [-0.2, -0.15) is 0 Å². The first-order chi connectivity index (χ1) is 13.2. The first-order valence-electron chi connectivity index (χ1n) is 9.15. The maximum absolute atomic E-state index is 5.71. The lowest BCUT2D eigenvalue weighted by Crippen LogP contribution is -2.32. The van der Waals surface area contributed by atoms with Gasteiger partial charge in [-0.3, -0.25) is 4.99 Å². The molecule has 1 aromatic carbocycles. The van der Waals surface area contributed by atoms with Crippen molar-refractivity contribution in [3.63, 3.8) is 0 Å². The molecule has 0 saturated carbocycles. The Morgan fingerprint density at radius 1 is 1.19 bits per heavy atom. The summed E-state index contributed by atoms with van der Waals surface area (Å²) in [6.07, 6.45) is 1.99. The summed E-state index contributed by atoms with van der Waals surface area (Å²) >= 11 is 0. The Kier molecular flexibility index (Phi) is 9.00. The summed E-state index contributed by atoms with van der Waals surface area (Å²) in [5, 5.41) is 6.50. The molecule has 27 heavy (non-hydrogen) atoms. The lowest BCUT2D eigenvalue weighted by molar-refractivity contribution is 0.0888. The Morgan fingerprint density at radius 2 is 1.93 bits per heavy atom. The standard InChI is InChI=1S/C19H31N3O5/c1-20-19(21-7-5-8-26-12-14-6-9-27-13-14)22-15-10-16(23-2)18(25-4)17(11-15)24-3/h10-11,14H,5-9,12-13H2,1-4H3,(H2,20,21,22). The fourth-order valence-corrected chi connectivity index (χ4v) is 2.81. The van der Waals surface area contributed by atoms with E-state index in [-0.39, 0.29) is 0 Å². The molecule has 0 amide bonds. The number of rotatable bonds is 10. The summed E-state index contributed by atoms with van der Waals surface area (Å²) in [6, 6.07) is 3.67. The summed E-state index contributed by atoms with van der Waals surface area (Å²) < 4.78 is 27.1. The SMILES string of the molecule is CN=C(NCCCOCC1CCOC1)Nc1cc(OC)c(OC)c(OC)c1. The number of methoxy groups -OCH3 is 3. The van der Waals surface area contributed by atoms with E-state index in [1.165, 1.54) is 0 Å². The van der Waals surface area contributed by atoms with Gasteiger partial charge in [0.05, 0.1) is 34.5 Å². The molecule has 0 aromatic heterocycles. The molecule has 8 nitrogen and oxygen atoms in total. The maximum atomic E-state index is 5.71. The van der Waals surface area contributed by atoms with Crippen LogP contribution in [0.4, 0.5) is 5.69 Å². The van der Waals surface area contributed by atoms with Gasteiger partial charge in [-0.25, -0.2) is 0 Å². The fraction of sp³-hybridized carbons (Fsp3) is 0.632. The molecule has 1 fully saturated rings. The predicted molar refractivity (Wildman–Crippen MR) is 105 cm³/mol. The second-order valence-electron chi connectivity index (χ2n) is 6.20. The van der Waals surface area contributed by atoms with Crippen molar-refractivity contribution in [3.05, 3.63) is 12.1 Å². The minimum absolute atomic E-state index is 0.549. The molecule has 2 rings (SSSR count). The molecule has 0 aliphatic carbocycles. The first kappa shape index (κ1) is 21.1. The van der Waals surface area contributed by atoms with Gasteiger partial charge in [-0.1, -0.05) is 0 Å². The average molecular weight is 381 g/mol. The third-order valence-electron chi connectivity index (χ3n) is 4.29. The molecule has 1 saturated heterocycles. The molecule has 1 atom stereocenters. The molecular weight excluding hydrogens is 350 g/mol. The quantitative estimate of drug-likeness (QED) is 0.365. The number of aliphatic imine (C=N–C) groups is 1. The normalized spacial score (nSPS) is 16.9. The van der Waals surface area contributed by atoms with Gasteiger partial charge >= 0.3 is 0 Å².